The molecule has 4 aromatic rings. The maximum absolute atomic E-state index is 6.63. The average molecular weight is 415 g/mol. The van der Waals surface area contributed by atoms with E-state index in [1.165, 1.54) is 22.3 Å². The predicted molar refractivity (Wildman–Crippen MR) is 123 cm³/mol. The molecule has 4 aromatic carbocycles. The number of hydrogen-bond donors (Lipinski definition) is 0. The molecule has 0 heterocycles. The normalized spacial score (nSPS) is 13.8. The molecule has 0 aromatic heterocycles. The molecule has 5 rings (SSSR count). The minimum Gasteiger partial charge on any atom is -0.0840 e. The Hall–Kier alpha value is -2.54. The first-order valence-corrected chi connectivity index (χ1v) is 10.5. The Balaban J connectivity index is 1.97. The largest absolute Gasteiger partial charge is 0.0840 e. The summed E-state index contributed by atoms with van der Waals surface area (Å²) in [5.74, 6) is 0. The zero-order valence-corrected chi connectivity index (χ0v) is 17.9. The zero-order valence-electron chi connectivity index (χ0n) is 16.3. The molecule has 0 saturated heterocycles. The van der Waals surface area contributed by atoms with Crippen LogP contribution in [0.25, 0.3) is 11.1 Å². The fourth-order valence-electron chi connectivity index (χ4n) is 4.68. The number of fused-ring (bicyclic) bond motifs is 3. The highest BCUT2D eigenvalue weighted by Gasteiger charge is 2.46. The van der Waals surface area contributed by atoms with Gasteiger partial charge in [-0.1, -0.05) is 96.0 Å². The van der Waals surface area contributed by atoms with Gasteiger partial charge >= 0.3 is 0 Å². The van der Waals surface area contributed by atoms with Crippen molar-refractivity contribution in [1.82, 2.24) is 0 Å². The van der Waals surface area contributed by atoms with Crippen molar-refractivity contribution in [3.05, 3.63) is 128 Å². The first-order chi connectivity index (χ1) is 14.0. The number of aryl methyl sites for hydroxylation is 2. The summed E-state index contributed by atoms with van der Waals surface area (Å²) < 4.78 is 0. The Kier molecular flexibility index (Phi) is 4.31. The summed E-state index contributed by atoms with van der Waals surface area (Å²) in [5.41, 5.74) is 9.06. The first-order valence-electron chi connectivity index (χ1n) is 9.76. The molecule has 0 saturated carbocycles. The highest BCUT2D eigenvalue weighted by molar-refractivity contribution is 6.31. The van der Waals surface area contributed by atoms with E-state index in [0.29, 0.717) is 0 Å². The van der Waals surface area contributed by atoms with Gasteiger partial charge < -0.3 is 0 Å². The molecule has 1 aliphatic rings. The van der Waals surface area contributed by atoms with E-state index < -0.39 is 5.41 Å². The average Bonchev–Trinajstić information content (AvgIpc) is 3.04. The summed E-state index contributed by atoms with van der Waals surface area (Å²) in [4.78, 5) is 0. The fraction of sp³-hybridized carbons (Fsp3) is 0.111. The van der Waals surface area contributed by atoms with Gasteiger partial charge in [0, 0.05) is 10.0 Å². The van der Waals surface area contributed by atoms with E-state index in [2.05, 4.69) is 84.9 Å². The second-order valence-corrected chi connectivity index (χ2v) is 8.58. The lowest BCUT2D eigenvalue weighted by Crippen LogP contribution is -2.28. The van der Waals surface area contributed by atoms with Gasteiger partial charge in [0.25, 0.3) is 0 Å². The topological polar surface area (TPSA) is 0 Å². The molecule has 0 fully saturated rings. The van der Waals surface area contributed by atoms with E-state index in [1.54, 1.807) is 0 Å². The lowest BCUT2D eigenvalue weighted by Gasteiger charge is -2.34. The van der Waals surface area contributed by atoms with E-state index in [4.69, 9.17) is 23.2 Å². The minimum atomic E-state index is -0.456. The third-order valence-electron chi connectivity index (χ3n) is 6.16. The summed E-state index contributed by atoms with van der Waals surface area (Å²) in [5, 5.41) is 1.56. The Bertz CT molecular complexity index is 1150. The SMILES string of the molecule is Cc1ccc(C2(c3ccc(C)c(Cl)c3)c3ccccc3-c3ccccc32)cc1Cl. The van der Waals surface area contributed by atoms with Crippen molar-refractivity contribution in [3.63, 3.8) is 0 Å². The lowest BCUT2D eigenvalue weighted by molar-refractivity contribution is 0.767. The fourth-order valence-corrected chi connectivity index (χ4v) is 5.04. The number of benzene rings is 4. The van der Waals surface area contributed by atoms with Gasteiger partial charge in [-0.15, -0.1) is 0 Å². The summed E-state index contributed by atoms with van der Waals surface area (Å²) in [6, 6.07) is 30.2. The van der Waals surface area contributed by atoms with E-state index in [1.807, 2.05) is 13.8 Å². The molecule has 0 bridgehead atoms. The monoisotopic (exact) mass is 414 g/mol. The molecule has 0 radical (unpaired) electrons. The predicted octanol–water partition coefficient (Wildman–Crippen LogP) is 7.97. The molecule has 2 heteroatoms. The Morgan fingerprint density at radius 1 is 0.552 bits per heavy atom. The van der Waals surface area contributed by atoms with Crippen molar-refractivity contribution in [3.8, 4) is 11.1 Å². The molecule has 142 valence electrons. The van der Waals surface area contributed by atoms with Crippen LogP contribution >= 0.6 is 23.2 Å². The number of rotatable bonds is 2. The zero-order chi connectivity index (χ0) is 20.2. The standard InChI is InChI=1S/C27H20Cl2/c1-17-11-13-19(15-25(17)28)27(20-14-12-18(2)26(29)16-20)23-9-5-3-7-21(23)22-8-4-6-10-24(22)27/h3-16H,1-2H3. The van der Waals surface area contributed by atoms with Crippen LogP contribution in [0.1, 0.15) is 33.4 Å². The van der Waals surface area contributed by atoms with E-state index >= 15 is 0 Å². The van der Waals surface area contributed by atoms with Gasteiger partial charge in [0.1, 0.15) is 0 Å². The van der Waals surface area contributed by atoms with Gasteiger partial charge in [0.05, 0.1) is 5.41 Å². The van der Waals surface area contributed by atoms with Crippen LogP contribution in [0.3, 0.4) is 0 Å². The van der Waals surface area contributed by atoms with Crippen LogP contribution in [0.4, 0.5) is 0 Å². The molecule has 0 aliphatic heterocycles. The first kappa shape index (κ1) is 18.5. The van der Waals surface area contributed by atoms with Gasteiger partial charge in [-0.3, -0.25) is 0 Å². The van der Waals surface area contributed by atoms with Crippen molar-refractivity contribution < 1.29 is 0 Å². The molecule has 0 unspecified atom stereocenters. The van der Waals surface area contributed by atoms with Crippen LogP contribution in [0, 0.1) is 13.8 Å². The molecule has 0 nitrogen and oxygen atoms in total. The summed E-state index contributed by atoms with van der Waals surface area (Å²) in [6.45, 7) is 4.08. The van der Waals surface area contributed by atoms with Crippen LogP contribution in [0.15, 0.2) is 84.9 Å². The van der Waals surface area contributed by atoms with Crippen LogP contribution < -0.4 is 0 Å². The van der Waals surface area contributed by atoms with Gasteiger partial charge in [0.15, 0.2) is 0 Å². The third kappa shape index (κ3) is 2.60. The smallest absolute Gasteiger partial charge is 0.0714 e. The number of halogens is 2. The summed E-state index contributed by atoms with van der Waals surface area (Å²) in [6.07, 6.45) is 0. The van der Waals surface area contributed by atoms with E-state index in [-0.39, 0.29) is 0 Å². The van der Waals surface area contributed by atoms with Crippen molar-refractivity contribution in [2.24, 2.45) is 0 Å². The van der Waals surface area contributed by atoms with Gasteiger partial charge in [-0.2, -0.15) is 0 Å². The van der Waals surface area contributed by atoms with E-state index in [9.17, 15) is 0 Å². The second kappa shape index (κ2) is 6.76. The van der Waals surface area contributed by atoms with Gasteiger partial charge in [0.2, 0.25) is 0 Å². The minimum absolute atomic E-state index is 0.456. The quantitative estimate of drug-likeness (QED) is 0.274. The maximum Gasteiger partial charge on any atom is 0.0714 e. The molecule has 0 atom stereocenters. The van der Waals surface area contributed by atoms with Crippen molar-refractivity contribution >= 4 is 23.2 Å². The maximum atomic E-state index is 6.63. The Morgan fingerprint density at radius 3 is 1.38 bits per heavy atom. The molecule has 0 amide bonds. The van der Waals surface area contributed by atoms with Crippen LogP contribution in [0.2, 0.25) is 10.0 Å². The highest BCUT2D eigenvalue weighted by Crippen LogP contribution is 2.56. The highest BCUT2D eigenvalue weighted by atomic mass is 35.5. The summed E-state index contributed by atoms with van der Waals surface area (Å²) >= 11 is 13.3. The van der Waals surface area contributed by atoms with Crippen molar-refractivity contribution in [1.29, 1.82) is 0 Å². The van der Waals surface area contributed by atoms with Crippen LogP contribution in [-0.4, -0.2) is 0 Å². The van der Waals surface area contributed by atoms with Gasteiger partial charge in [-0.05, 0) is 70.5 Å². The third-order valence-corrected chi connectivity index (χ3v) is 6.98. The van der Waals surface area contributed by atoms with E-state index in [0.717, 1.165) is 32.3 Å². The molecular weight excluding hydrogens is 395 g/mol. The van der Waals surface area contributed by atoms with Crippen LogP contribution in [0.5, 0.6) is 0 Å². The lowest BCUT2D eigenvalue weighted by atomic mass is 9.67. The summed E-state index contributed by atoms with van der Waals surface area (Å²) in [7, 11) is 0. The Morgan fingerprint density at radius 2 is 0.966 bits per heavy atom. The second-order valence-electron chi connectivity index (χ2n) is 7.77. The van der Waals surface area contributed by atoms with Gasteiger partial charge in [-0.25, -0.2) is 0 Å². The number of hydrogen-bond acceptors (Lipinski definition) is 0. The molecule has 29 heavy (non-hydrogen) atoms. The Labute approximate surface area is 181 Å². The molecule has 0 N–H and O–H groups in total. The molecule has 0 spiro atoms. The van der Waals surface area contributed by atoms with Crippen molar-refractivity contribution in [2.75, 3.05) is 0 Å². The van der Waals surface area contributed by atoms with Crippen LogP contribution in [-0.2, 0) is 5.41 Å². The molecular formula is C27H20Cl2. The molecule has 1 aliphatic carbocycles. The van der Waals surface area contributed by atoms with Crippen molar-refractivity contribution in [2.45, 2.75) is 19.3 Å².